The lowest BCUT2D eigenvalue weighted by Crippen LogP contribution is -2.47. The summed E-state index contributed by atoms with van der Waals surface area (Å²) in [6.45, 7) is 3.15. The molecule has 118 valence electrons. The van der Waals surface area contributed by atoms with Crippen LogP contribution in [0.1, 0.15) is 17.9 Å². The van der Waals surface area contributed by atoms with Crippen LogP contribution in [0.5, 0.6) is 0 Å². The first-order valence-electron chi connectivity index (χ1n) is 7.75. The van der Waals surface area contributed by atoms with E-state index in [1.807, 2.05) is 48.5 Å². The van der Waals surface area contributed by atoms with E-state index in [1.54, 1.807) is 11.1 Å². The summed E-state index contributed by atoms with van der Waals surface area (Å²) < 4.78 is 5.77. The number of aromatic nitrogens is 1. The van der Waals surface area contributed by atoms with Gasteiger partial charge in [0.25, 0.3) is 5.91 Å². The monoisotopic (exact) mass is 310 g/mol. The van der Waals surface area contributed by atoms with Gasteiger partial charge < -0.3 is 14.3 Å². The van der Waals surface area contributed by atoms with E-state index in [0.29, 0.717) is 12.4 Å². The van der Waals surface area contributed by atoms with Crippen LogP contribution in [0.25, 0.3) is 11.5 Å². The van der Waals surface area contributed by atoms with Crippen molar-refractivity contribution in [3.8, 4) is 11.5 Å². The molecule has 1 atom stereocenters. The largest absolute Gasteiger partial charge is 0.441 e. The molecule has 0 spiro atoms. The maximum atomic E-state index is 12.5. The fourth-order valence-corrected chi connectivity index (χ4v) is 2.97. The second kappa shape index (κ2) is 5.55. The van der Waals surface area contributed by atoms with E-state index in [2.05, 4.69) is 10.4 Å². The molecule has 23 heavy (non-hydrogen) atoms. The van der Waals surface area contributed by atoms with Gasteiger partial charge in [0.15, 0.2) is 0 Å². The van der Waals surface area contributed by atoms with E-state index < -0.39 is 0 Å². The molecule has 1 N–H and O–H groups in total. The van der Waals surface area contributed by atoms with Crippen molar-refractivity contribution in [1.82, 2.24) is 20.3 Å². The third-order valence-electron chi connectivity index (χ3n) is 4.26. The molecule has 4 rings (SSSR count). The number of hydrogen-bond acceptors (Lipinski definition) is 5. The zero-order valence-corrected chi connectivity index (χ0v) is 12.9. The number of benzene rings is 1. The van der Waals surface area contributed by atoms with Gasteiger partial charge in [0.05, 0.1) is 6.54 Å². The number of aryl methyl sites for hydroxylation is 1. The van der Waals surface area contributed by atoms with E-state index in [-0.39, 0.29) is 11.9 Å². The highest BCUT2D eigenvalue weighted by Crippen LogP contribution is 2.24. The molecule has 1 unspecified atom stereocenters. The van der Waals surface area contributed by atoms with Gasteiger partial charge in [-0.1, -0.05) is 18.2 Å². The van der Waals surface area contributed by atoms with Gasteiger partial charge in [-0.15, -0.1) is 0 Å². The number of nitrogens with zero attached hydrogens (tertiary/aromatic N) is 3. The van der Waals surface area contributed by atoms with Gasteiger partial charge in [0.2, 0.25) is 5.89 Å². The maximum Gasteiger partial charge on any atom is 0.251 e. The van der Waals surface area contributed by atoms with E-state index in [0.717, 1.165) is 30.0 Å². The topological polar surface area (TPSA) is 61.6 Å². The number of hydrogen-bond donors (Lipinski definition) is 1. The van der Waals surface area contributed by atoms with Crippen LogP contribution in [0, 0.1) is 6.92 Å². The van der Waals surface area contributed by atoms with Crippen LogP contribution in [0.4, 0.5) is 0 Å². The molecule has 0 saturated carbocycles. The fourth-order valence-electron chi connectivity index (χ4n) is 2.97. The van der Waals surface area contributed by atoms with Crippen LogP contribution in [-0.2, 0) is 11.3 Å². The number of rotatable bonds is 3. The first-order valence-corrected chi connectivity index (χ1v) is 7.75. The second-order valence-corrected chi connectivity index (χ2v) is 5.77. The molecule has 3 heterocycles. The summed E-state index contributed by atoms with van der Waals surface area (Å²) in [5.74, 6) is 1.44. The number of carbonyl (C=O) groups excluding carboxylic acids is 1. The van der Waals surface area contributed by atoms with Crippen molar-refractivity contribution in [2.24, 2.45) is 0 Å². The Bertz CT molecular complexity index is 753. The molecule has 6 heteroatoms. The van der Waals surface area contributed by atoms with Crippen LogP contribution in [0.15, 0.2) is 47.1 Å². The minimum Gasteiger partial charge on any atom is -0.441 e. The molecule has 1 aromatic heterocycles. The summed E-state index contributed by atoms with van der Waals surface area (Å²) in [6.07, 6.45) is 4.53. The average Bonchev–Trinajstić information content (AvgIpc) is 3.19. The number of hydrazine groups is 1. The summed E-state index contributed by atoms with van der Waals surface area (Å²) in [5, 5.41) is 1.88. The van der Waals surface area contributed by atoms with Gasteiger partial charge in [-0.2, -0.15) is 0 Å². The Labute approximate surface area is 134 Å². The number of oxazole rings is 1. The molecule has 1 aromatic carbocycles. The summed E-state index contributed by atoms with van der Waals surface area (Å²) in [6, 6.07) is 9.67. The third kappa shape index (κ3) is 2.51. The number of amides is 1. The molecule has 0 radical (unpaired) electrons. The summed E-state index contributed by atoms with van der Waals surface area (Å²) >= 11 is 0. The van der Waals surface area contributed by atoms with Crippen LogP contribution in [0.3, 0.4) is 0 Å². The minimum atomic E-state index is -0.110. The third-order valence-corrected chi connectivity index (χ3v) is 4.26. The maximum absolute atomic E-state index is 12.5. The predicted octanol–water partition coefficient (Wildman–Crippen LogP) is 2.04. The molecule has 2 aliphatic rings. The molecule has 2 aromatic rings. The zero-order chi connectivity index (χ0) is 15.8. The van der Waals surface area contributed by atoms with Gasteiger partial charge in [0.1, 0.15) is 17.5 Å². The highest BCUT2D eigenvalue weighted by Gasteiger charge is 2.35. The Morgan fingerprint density at radius 1 is 1.30 bits per heavy atom. The standard InChI is InChI=1S/C17H18N4O2/c1-12-14(19-16(23-12)13-5-3-2-4-6-13)11-20-9-10-21-15(17(20)22)7-8-18-21/h2-6,9-10,15,18H,7-8,11H2,1H3. The van der Waals surface area contributed by atoms with Gasteiger partial charge >= 0.3 is 0 Å². The molecule has 1 saturated heterocycles. The molecular weight excluding hydrogens is 292 g/mol. The van der Waals surface area contributed by atoms with Crippen molar-refractivity contribution in [3.05, 3.63) is 54.2 Å². The average molecular weight is 310 g/mol. The molecule has 1 fully saturated rings. The molecule has 1 amide bonds. The number of carbonyl (C=O) groups is 1. The molecular formula is C17H18N4O2. The zero-order valence-electron chi connectivity index (χ0n) is 12.9. The molecule has 0 aliphatic carbocycles. The summed E-state index contributed by atoms with van der Waals surface area (Å²) in [7, 11) is 0. The predicted molar refractivity (Wildman–Crippen MR) is 84.6 cm³/mol. The highest BCUT2D eigenvalue weighted by molar-refractivity contribution is 5.84. The summed E-state index contributed by atoms with van der Waals surface area (Å²) in [4.78, 5) is 18.8. The Morgan fingerprint density at radius 2 is 2.13 bits per heavy atom. The van der Waals surface area contributed by atoms with E-state index in [1.165, 1.54) is 0 Å². The van der Waals surface area contributed by atoms with Crippen molar-refractivity contribution in [2.75, 3.05) is 6.54 Å². The van der Waals surface area contributed by atoms with Gasteiger partial charge in [0, 0.05) is 24.5 Å². The van der Waals surface area contributed by atoms with Crippen molar-refractivity contribution < 1.29 is 9.21 Å². The number of fused-ring (bicyclic) bond motifs is 1. The smallest absolute Gasteiger partial charge is 0.251 e. The molecule has 0 bridgehead atoms. The Kier molecular flexibility index (Phi) is 3.38. The van der Waals surface area contributed by atoms with Crippen molar-refractivity contribution in [3.63, 3.8) is 0 Å². The van der Waals surface area contributed by atoms with Gasteiger partial charge in [-0.3, -0.25) is 4.79 Å². The first-order chi connectivity index (χ1) is 11.2. The van der Waals surface area contributed by atoms with Crippen molar-refractivity contribution >= 4 is 5.91 Å². The fraction of sp³-hybridized carbons (Fsp3) is 0.294. The van der Waals surface area contributed by atoms with Crippen molar-refractivity contribution in [1.29, 1.82) is 0 Å². The van der Waals surface area contributed by atoms with E-state index in [9.17, 15) is 4.79 Å². The Balaban J connectivity index is 1.57. The minimum absolute atomic E-state index is 0.0983. The highest BCUT2D eigenvalue weighted by atomic mass is 16.4. The first kappa shape index (κ1) is 14.0. The Morgan fingerprint density at radius 3 is 2.96 bits per heavy atom. The quantitative estimate of drug-likeness (QED) is 0.940. The lowest BCUT2D eigenvalue weighted by atomic mass is 10.1. The summed E-state index contributed by atoms with van der Waals surface area (Å²) in [5.41, 5.74) is 4.91. The van der Waals surface area contributed by atoms with Crippen LogP contribution in [0.2, 0.25) is 0 Å². The van der Waals surface area contributed by atoms with Crippen LogP contribution >= 0.6 is 0 Å². The van der Waals surface area contributed by atoms with Gasteiger partial charge in [-0.05, 0) is 25.5 Å². The SMILES string of the molecule is Cc1oc(-c2ccccc2)nc1CN1C=CN2NCCC2C1=O. The lowest BCUT2D eigenvalue weighted by molar-refractivity contribution is -0.135. The van der Waals surface area contributed by atoms with E-state index in [4.69, 9.17) is 4.42 Å². The van der Waals surface area contributed by atoms with Crippen molar-refractivity contribution in [2.45, 2.75) is 25.9 Å². The normalized spacial score (nSPS) is 20.2. The number of nitrogens with one attached hydrogen (secondary N) is 1. The molecule has 2 aliphatic heterocycles. The Hall–Kier alpha value is -2.60. The van der Waals surface area contributed by atoms with E-state index >= 15 is 0 Å². The van der Waals surface area contributed by atoms with Gasteiger partial charge in [-0.25, -0.2) is 10.4 Å². The van der Waals surface area contributed by atoms with Crippen LogP contribution < -0.4 is 5.43 Å². The lowest BCUT2D eigenvalue weighted by Gasteiger charge is -2.31. The second-order valence-electron chi connectivity index (χ2n) is 5.77. The molecule has 6 nitrogen and oxygen atoms in total. The van der Waals surface area contributed by atoms with Crippen LogP contribution in [-0.4, -0.2) is 33.4 Å².